The average Bonchev–Trinajstić information content (AvgIpc) is 2.51. The molecule has 2 aliphatic carbocycles. The molecule has 4 heteroatoms. The quantitative estimate of drug-likeness (QED) is 0.575. The van der Waals surface area contributed by atoms with Crippen molar-refractivity contribution < 1.29 is 19.1 Å². The van der Waals surface area contributed by atoms with Crippen molar-refractivity contribution in [3.05, 3.63) is 23.3 Å². The molecule has 0 bridgehead atoms. The summed E-state index contributed by atoms with van der Waals surface area (Å²) in [5.74, 6) is -0.816. The van der Waals surface area contributed by atoms with Gasteiger partial charge >= 0.3 is 11.9 Å². The number of esters is 2. The largest absolute Gasteiger partial charge is 0.443 e. The summed E-state index contributed by atoms with van der Waals surface area (Å²) < 4.78 is 10.8. The first-order valence-corrected chi connectivity index (χ1v) is 7.54. The maximum absolute atomic E-state index is 12.1. The topological polar surface area (TPSA) is 52.6 Å². The summed E-state index contributed by atoms with van der Waals surface area (Å²) >= 11 is 0. The highest BCUT2D eigenvalue weighted by molar-refractivity contribution is 5.91. The van der Waals surface area contributed by atoms with Gasteiger partial charge in [-0.25, -0.2) is 9.59 Å². The van der Waals surface area contributed by atoms with E-state index < -0.39 is 24.1 Å². The van der Waals surface area contributed by atoms with Gasteiger partial charge in [-0.3, -0.25) is 0 Å². The molecule has 1 fully saturated rings. The van der Waals surface area contributed by atoms with Crippen LogP contribution in [0.5, 0.6) is 0 Å². The van der Waals surface area contributed by atoms with E-state index in [4.69, 9.17) is 9.47 Å². The Balaban J connectivity index is 1.72. The van der Waals surface area contributed by atoms with Crippen molar-refractivity contribution in [3.8, 4) is 0 Å². The minimum Gasteiger partial charge on any atom is -0.443 e. The molecular weight excluding hydrogens is 256 g/mol. The molecule has 1 saturated heterocycles. The fourth-order valence-corrected chi connectivity index (χ4v) is 3.11. The van der Waals surface area contributed by atoms with Crippen LogP contribution in [-0.2, 0) is 19.1 Å². The van der Waals surface area contributed by atoms with E-state index >= 15 is 0 Å². The highest BCUT2D eigenvalue weighted by Gasteiger charge is 2.41. The lowest BCUT2D eigenvalue weighted by Gasteiger charge is -2.31. The third kappa shape index (κ3) is 2.65. The van der Waals surface area contributed by atoms with Gasteiger partial charge in [0.05, 0.1) is 0 Å². The van der Waals surface area contributed by atoms with E-state index in [2.05, 4.69) is 0 Å². The van der Waals surface area contributed by atoms with Gasteiger partial charge in [0.1, 0.15) is 0 Å². The number of allylic oxidation sites excluding steroid dienone is 2. The van der Waals surface area contributed by atoms with Crippen LogP contribution in [0.15, 0.2) is 23.3 Å². The van der Waals surface area contributed by atoms with Crippen LogP contribution in [0.3, 0.4) is 0 Å². The summed E-state index contributed by atoms with van der Waals surface area (Å²) in [6.07, 6.45) is 10.3. The van der Waals surface area contributed by atoms with E-state index in [-0.39, 0.29) is 0 Å². The molecule has 2 unspecified atom stereocenters. The van der Waals surface area contributed by atoms with Crippen molar-refractivity contribution in [3.63, 3.8) is 0 Å². The van der Waals surface area contributed by atoms with E-state index in [0.29, 0.717) is 0 Å². The molecule has 0 amide bonds. The Kier molecular flexibility index (Phi) is 3.90. The van der Waals surface area contributed by atoms with Crippen LogP contribution >= 0.6 is 0 Å². The van der Waals surface area contributed by atoms with Crippen molar-refractivity contribution in [2.45, 2.75) is 63.6 Å². The van der Waals surface area contributed by atoms with Gasteiger partial charge in [-0.1, -0.05) is 12.2 Å². The summed E-state index contributed by atoms with van der Waals surface area (Å²) in [6.45, 7) is 0. The monoisotopic (exact) mass is 276 g/mol. The second-order valence-electron chi connectivity index (χ2n) is 5.68. The van der Waals surface area contributed by atoms with Gasteiger partial charge in [-0.2, -0.15) is 0 Å². The van der Waals surface area contributed by atoms with Crippen LogP contribution in [0.4, 0.5) is 0 Å². The van der Waals surface area contributed by atoms with Crippen LogP contribution in [-0.4, -0.2) is 24.1 Å². The molecular formula is C16H20O4. The maximum atomic E-state index is 12.1. The highest BCUT2D eigenvalue weighted by Crippen LogP contribution is 2.30. The first-order chi connectivity index (χ1) is 9.75. The molecule has 0 aromatic heterocycles. The number of hydrogen-bond acceptors (Lipinski definition) is 4. The van der Waals surface area contributed by atoms with E-state index in [9.17, 15) is 9.59 Å². The van der Waals surface area contributed by atoms with Crippen molar-refractivity contribution in [1.29, 1.82) is 0 Å². The Morgan fingerprint density at radius 2 is 1.20 bits per heavy atom. The smallest absolute Gasteiger partial charge is 0.353 e. The Morgan fingerprint density at radius 1 is 0.750 bits per heavy atom. The maximum Gasteiger partial charge on any atom is 0.353 e. The molecule has 3 rings (SSSR count). The molecule has 4 nitrogen and oxygen atoms in total. The Bertz CT molecular complexity index is 431. The van der Waals surface area contributed by atoms with Crippen LogP contribution in [0, 0.1) is 0 Å². The number of carbonyl (C=O) groups excluding carboxylic acids is 2. The third-order valence-corrected chi connectivity index (χ3v) is 4.22. The third-order valence-electron chi connectivity index (χ3n) is 4.22. The summed E-state index contributed by atoms with van der Waals surface area (Å²) in [4.78, 5) is 24.2. The predicted octanol–water partition coefficient (Wildman–Crippen LogP) is 2.82. The zero-order chi connectivity index (χ0) is 13.9. The lowest BCUT2D eigenvalue weighted by molar-refractivity contribution is -0.189. The van der Waals surface area contributed by atoms with Gasteiger partial charge in [-0.15, -0.1) is 0 Å². The van der Waals surface area contributed by atoms with Gasteiger partial charge in [0, 0.05) is 0 Å². The zero-order valence-corrected chi connectivity index (χ0v) is 11.6. The number of cyclic esters (lactones) is 2. The van der Waals surface area contributed by atoms with Crippen molar-refractivity contribution >= 4 is 11.9 Å². The van der Waals surface area contributed by atoms with Crippen molar-refractivity contribution in [1.82, 2.24) is 0 Å². The van der Waals surface area contributed by atoms with E-state index in [1.165, 1.54) is 0 Å². The Morgan fingerprint density at radius 3 is 1.55 bits per heavy atom. The molecule has 0 radical (unpaired) electrons. The lowest BCUT2D eigenvalue weighted by atomic mass is 9.93. The van der Waals surface area contributed by atoms with E-state index in [1.54, 1.807) is 0 Å². The van der Waals surface area contributed by atoms with E-state index in [1.807, 2.05) is 12.2 Å². The van der Waals surface area contributed by atoms with Crippen LogP contribution < -0.4 is 0 Å². The van der Waals surface area contributed by atoms with Crippen LogP contribution in [0.2, 0.25) is 0 Å². The average molecular weight is 276 g/mol. The highest BCUT2D eigenvalue weighted by atomic mass is 16.6. The summed E-state index contributed by atoms with van der Waals surface area (Å²) in [6, 6.07) is 0. The van der Waals surface area contributed by atoms with Gasteiger partial charge in [0.2, 0.25) is 12.2 Å². The molecule has 20 heavy (non-hydrogen) atoms. The normalized spacial score (nSPS) is 31.0. The van der Waals surface area contributed by atoms with Gasteiger partial charge in [0.15, 0.2) is 0 Å². The number of carbonyl (C=O) groups is 2. The molecule has 0 aromatic rings. The second-order valence-corrected chi connectivity index (χ2v) is 5.68. The fourth-order valence-electron chi connectivity index (χ4n) is 3.11. The van der Waals surface area contributed by atoms with Crippen LogP contribution in [0.1, 0.15) is 51.4 Å². The van der Waals surface area contributed by atoms with Gasteiger partial charge < -0.3 is 9.47 Å². The van der Waals surface area contributed by atoms with Gasteiger partial charge in [-0.05, 0) is 62.5 Å². The molecule has 0 aromatic carbocycles. The zero-order valence-electron chi connectivity index (χ0n) is 11.6. The standard InChI is InChI=1S/C16H20O4/c17-15-13(11-7-3-1-4-8-11)19-16(18)14(20-15)12-9-5-2-6-10-12/h7,9,13-14H,1-6,8,10H2. The number of ether oxygens (including phenoxy) is 2. The summed E-state index contributed by atoms with van der Waals surface area (Å²) in [5.41, 5.74) is 1.82. The first-order valence-electron chi connectivity index (χ1n) is 7.54. The Hall–Kier alpha value is -1.58. The van der Waals surface area contributed by atoms with Gasteiger partial charge in [0.25, 0.3) is 0 Å². The van der Waals surface area contributed by atoms with Crippen LogP contribution in [0.25, 0.3) is 0 Å². The molecule has 2 atom stereocenters. The fraction of sp³-hybridized carbons (Fsp3) is 0.625. The molecule has 0 N–H and O–H groups in total. The van der Waals surface area contributed by atoms with Crippen molar-refractivity contribution in [2.24, 2.45) is 0 Å². The predicted molar refractivity (Wildman–Crippen MR) is 72.9 cm³/mol. The first kappa shape index (κ1) is 13.4. The second kappa shape index (κ2) is 5.81. The molecule has 1 heterocycles. The van der Waals surface area contributed by atoms with E-state index in [0.717, 1.165) is 62.5 Å². The molecule has 0 spiro atoms. The molecule has 0 saturated carbocycles. The summed E-state index contributed by atoms with van der Waals surface area (Å²) in [5, 5.41) is 0. The minimum atomic E-state index is -0.803. The minimum absolute atomic E-state index is 0.408. The molecule has 3 aliphatic rings. The molecule has 108 valence electrons. The SMILES string of the molecule is O=C1OC(C2=CCCCC2)C(=O)OC1C1=CCCCC1. The lowest BCUT2D eigenvalue weighted by Crippen LogP contribution is -2.46. The summed E-state index contributed by atoms with van der Waals surface area (Å²) in [7, 11) is 0. The molecule has 1 aliphatic heterocycles. The number of hydrogen-bond donors (Lipinski definition) is 0. The number of rotatable bonds is 2. The Labute approximate surface area is 118 Å². The van der Waals surface area contributed by atoms with Crippen molar-refractivity contribution in [2.75, 3.05) is 0 Å².